The van der Waals surface area contributed by atoms with E-state index < -0.39 is 8.07 Å². The van der Waals surface area contributed by atoms with Crippen molar-refractivity contribution in [2.24, 2.45) is 0 Å². The lowest BCUT2D eigenvalue weighted by Crippen LogP contribution is -2.29. The minimum Gasteiger partial charge on any atom is -0.261 e. The average molecular weight is 447 g/mol. The predicted molar refractivity (Wildman–Crippen MR) is 138 cm³/mol. The maximum absolute atomic E-state index is 5.02. The summed E-state index contributed by atoms with van der Waals surface area (Å²) in [5.74, 6) is 0. The van der Waals surface area contributed by atoms with Gasteiger partial charge in [-0.05, 0) is 72.8 Å². The van der Waals surface area contributed by atoms with Crippen molar-refractivity contribution in [2.45, 2.75) is 26.9 Å². The van der Waals surface area contributed by atoms with Gasteiger partial charge in [-0.1, -0.05) is 43.4 Å². The predicted octanol–water partition coefficient (Wildman–Crippen LogP) is 6.48. The maximum atomic E-state index is 5.02. The molecule has 5 heteroatoms. The van der Waals surface area contributed by atoms with E-state index in [1.165, 1.54) is 10.4 Å². The van der Waals surface area contributed by atoms with Crippen LogP contribution in [0.5, 0.6) is 0 Å². The first kappa shape index (κ1) is 21.2. The molecule has 4 aromatic rings. The minimum absolute atomic E-state index is 0.905. The Balaban J connectivity index is 1.47. The van der Waals surface area contributed by atoms with Gasteiger partial charge in [-0.2, -0.15) is 0 Å². The van der Waals surface area contributed by atoms with Gasteiger partial charge in [-0.15, -0.1) is 0 Å². The molecule has 4 aromatic heterocycles. The van der Waals surface area contributed by atoms with E-state index >= 15 is 0 Å². The summed E-state index contributed by atoms with van der Waals surface area (Å²) in [6, 6.07) is 22.6. The summed E-state index contributed by atoms with van der Waals surface area (Å²) in [6.07, 6.45) is 6.37. The molecule has 0 bridgehead atoms. The Labute approximate surface area is 195 Å². The Kier molecular flexibility index (Phi) is 5.34. The van der Waals surface area contributed by atoms with Crippen LogP contribution in [-0.4, -0.2) is 28.0 Å². The van der Waals surface area contributed by atoms with Gasteiger partial charge < -0.3 is 0 Å². The first-order valence-electron chi connectivity index (χ1n) is 11.2. The molecule has 1 aliphatic rings. The van der Waals surface area contributed by atoms with E-state index in [1.807, 2.05) is 56.4 Å². The van der Waals surface area contributed by atoms with Gasteiger partial charge in [0.15, 0.2) is 0 Å². The highest BCUT2D eigenvalue weighted by Gasteiger charge is 2.36. The number of pyridine rings is 4. The number of rotatable bonds is 4. The van der Waals surface area contributed by atoms with Crippen LogP contribution in [0.2, 0.25) is 13.1 Å². The number of hydrogen-bond donors (Lipinski definition) is 0. The second kappa shape index (κ2) is 8.33. The SMILES string of the molecule is Cc1ccc(-c2cccc(C3=CC=C(c4cccc(-c5cccc(C)n5)n4)[Si]3(C)C)n2)cn1. The monoisotopic (exact) mass is 446 g/mol. The van der Waals surface area contributed by atoms with E-state index in [-0.39, 0.29) is 0 Å². The van der Waals surface area contributed by atoms with Gasteiger partial charge in [-0.25, -0.2) is 9.97 Å². The molecular formula is C28H26N4Si. The Morgan fingerprint density at radius 2 is 1.09 bits per heavy atom. The fourth-order valence-electron chi connectivity index (χ4n) is 4.32. The van der Waals surface area contributed by atoms with Gasteiger partial charge in [0.25, 0.3) is 0 Å². The van der Waals surface area contributed by atoms with E-state index in [0.29, 0.717) is 0 Å². The van der Waals surface area contributed by atoms with E-state index in [9.17, 15) is 0 Å². The summed E-state index contributed by atoms with van der Waals surface area (Å²) in [4.78, 5) is 19.1. The van der Waals surface area contributed by atoms with Crippen molar-refractivity contribution in [3.63, 3.8) is 0 Å². The number of aromatic nitrogens is 4. The molecule has 0 atom stereocenters. The third kappa shape index (κ3) is 4.07. The summed E-state index contributed by atoms with van der Waals surface area (Å²) in [6.45, 7) is 8.75. The second-order valence-electron chi connectivity index (χ2n) is 8.95. The zero-order valence-corrected chi connectivity index (χ0v) is 20.4. The molecule has 4 nitrogen and oxygen atoms in total. The standard InChI is InChI=1S/C28H26N4Si/c1-19-14-15-21(18-29-19)22-9-6-12-25(31-22)27-16-17-28(33(27,3)4)26-13-7-11-24(32-26)23-10-5-8-20(2)30-23/h5-18H,1-4H3. The quantitative estimate of drug-likeness (QED) is 0.336. The van der Waals surface area contributed by atoms with Crippen molar-refractivity contribution in [1.82, 2.24) is 19.9 Å². The molecule has 162 valence electrons. The number of allylic oxidation sites excluding steroid dienone is 2. The van der Waals surface area contributed by atoms with Crippen LogP contribution in [-0.2, 0) is 0 Å². The van der Waals surface area contributed by atoms with Gasteiger partial charge in [0.05, 0.1) is 28.5 Å². The molecular weight excluding hydrogens is 420 g/mol. The molecule has 0 N–H and O–H groups in total. The van der Waals surface area contributed by atoms with Crippen LogP contribution in [0, 0.1) is 13.8 Å². The second-order valence-corrected chi connectivity index (χ2v) is 13.3. The smallest absolute Gasteiger partial charge is 0.117 e. The Bertz CT molecular complexity index is 1400. The van der Waals surface area contributed by atoms with Gasteiger partial charge in [0.1, 0.15) is 8.07 Å². The number of aryl methyl sites for hydroxylation is 2. The van der Waals surface area contributed by atoms with Crippen LogP contribution in [0.15, 0.2) is 85.1 Å². The molecule has 0 fully saturated rings. The fourth-order valence-corrected chi connectivity index (χ4v) is 7.17. The highest BCUT2D eigenvalue weighted by Crippen LogP contribution is 2.41. The lowest BCUT2D eigenvalue weighted by Gasteiger charge is -2.25. The average Bonchev–Trinajstić information content (AvgIpc) is 3.14. The Morgan fingerprint density at radius 3 is 1.70 bits per heavy atom. The number of hydrogen-bond acceptors (Lipinski definition) is 4. The van der Waals surface area contributed by atoms with Crippen molar-refractivity contribution >= 4 is 18.5 Å². The summed E-state index contributed by atoms with van der Waals surface area (Å²) >= 11 is 0. The molecule has 0 radical (unpaired) electrons. The van der Waals surface area contributed by atoms with Crippen LogP contribution in [0.1, 0.15) is 22.8 Å². The highest BCUT2D eigenvalue weighted by atomic mass is 28.3. The first-order chi connectivity index (χ1) is 15.9. The molecule has 1 aliphatic heterocycles. The van der Waals surface area contributed by atoms with E-state index in [0.717, 1.165) is 45.4 Å². The zero-order valence-electron chi connectivity index (χ0n) is 19.4. The molecule has 5 heterocycles. The molecule has 0 spiro atoms. The van der Waals surface area contributed by atoms with Crippen molar-refractivity contribution in [1.29, 1.82) is 0 Å². The zero-order chi connectivity index (χ0) is 23.0. The van der Waals surface area contributed by atoms with Gasteiger partial charge >= 0.3 is 0 Å². The van der Waals surface area contributed by atoms with Gasteiger partial charge in [0, 0.05) is 23.1 Å². The van der Waals surface area contributed by atoms with E-state index in [1.54, 1.807) is 0 Å². The molecule has 33 heavy (non-hydrogen) atoms. The minimum atomic E-state index is -1.99. The highest BCUT2D eigenvalue weighted by molar-refractivity contribution is 7.09. The van der Waals surface area contributed by atoms with Crippen molar-refractivity contribution in [3.05, 3.63) is 108 Å². The van der Waals surface area contributed by atoms with Crippen molar-refractivity contribution < 1.29 is 0 Å². The summed E-state index contributed by atoms with van der Waals surface area (Å²) in [5.41, 5.74) is 7.86. The lowest BCUT2D eigenvalue weighted by molar-refractivity contribution is 1.17. The normalized spacial score (nSPS) is 14.7. The molecule has 0 amide bonds. The van der Waals surface area contributed by atoms with Gasteiger partial charge in [-0.3, -0.25) is 9.97 Å². The number of nitrogens with zero attached hydrogens (tertiary/aromatic N) is 4. The molecule has 0 saturated carbocycles. The summed E-state index contributed by atoms with van der Waals surface area (Å²) < 4.78 is 0. The van der Waals surface area contributed by atoms with Crippen LogP contribution in [0.3, 0.4) is 0 Å². The Hall–Kier alpha value is -3.70. The van der Waals surface area contributed by atoms with Crippen molar-refractivity contribution in [3.8, 4) is 22.6 Å². The van der Waals surface area contributed by atoms with Crippen LogP contribution in [0.25, 0.3) is 33.0 Å². The largest absolute Gasteiger partial charge is 0.261 e. The molecule has 5 rings (SSSR count). The summed E-state index contributed by atoms with van der Waals surface area (Å²) in [5, 5.41) is 2.64. The van der Waals surface area contributed by atoms with Crippen molar-refractivity contribution in [2.75, 3.05) is 0 Å². The molecule has 0 aromatic carbocycles. The van der Waals surface area contributed by atoms with E-state index in [4.69, 9.17) is 9.97 Å². The maximum Gasteiger partial charge on any atom is 0.117 e. The van der Waals surface area contributed by atoms with Gasteiger partial charge in [0.2, 0.25) is 0 Å². The fraction of sp³-hybridized carbons (Fsp3) is 0.143. The molecule has 0 unspecified atom stereocenters. The third-order valence-corrected chi connectivity index (χ3v) is 9.71. The lowest BCUT2D eigenvalue weighted by atomic mass is 10.1. The van der Waals surface area contributed by atoms with E-state index in [2.05, 4.69) is 65.5 Å². The first-order valence-corrected chi connectivity index (χ1v) is 14.2. The molecule has 0 saturated heterocycles. The Morgan fingerprint density at radius 1 is 0.545 bits per heavy atom. The van der Waals surface area contributed by atoms with Crippen LogP contribution in [0.4, 0.5) is 0 Å². The third-order valence-electron chi connectivity index (χ3n) is 6.17. The topological polar surface area (TPSA) is 51.6 Å². The molecule has 0 aliphatic carbocycles. The summed E-state index contributed by atoms with van der Waals surface area (Å²) in [7, 11) is -1.99. The van der Waals surface area contributed by atoms with Crippen LogP contribution < -0.4 is 0 Å². The van der Waals surface area contributed by atoms with Crippen LogP contribution >= 0.6 is 0 Å².